The molecule has 22 heavy (non-hydrogen) atoms. The summed E-state index contributed by atoms with van der Waals surface area (Å²) >= 11 is 0. The Balaban J connectivity index is 1.53. The zero-order valence-electron chi connectivity index (χ0n) is 13.2. The van der Waals surface area contributed by atoms with Gasteiger partial charge in [0.2, 0.25) is 0 Å². The van der Waals surface area contributed by atoms with Crippen molar-refractivity contribution >= 4 is 5.69 Å². The topological polar surface area (TPSA) is 50.7 Å². The molecule has 3 fully saturated rings. The van der Waals surface area contributed by atoms with E-state index < -0.39 is 0 Å². The van der Waals surface area contributed by atoms with E-state index in [2.05, 4.69) is 11.4 Å². The lowest BCUT2D eigenvalue weighted by molar-refractivity contribution is -0.158. The normalized spacial score (nSPS) is 31.3. The van der Waals surface area contributed by atoms with Crippen LogP contribution < -0.4 is 10.1 Å². The van der Waals surface area contributed by atoms with Crippen molar-refractivity contribution in [3.8, 4) is 5.75 Å². The molecule has 0 aromatic heterocycles. The summed E-state index contributed by atoms with van der Waals surface area (Å²) in [7, 11) is 0. The van der Waals surface area contributed by atoms with Crippen LogP contribution in [-0.4, -0.2) is 30.5 Å². The second-order valence-electron chi connectivity index (χ2n) is 6.87. The summed E-state index contributed by atoms with van der Waals surface area (Å²) in [6, 6.07) is 6.59. The maximum Gasteiger partial charge on any atom is 0.124 e. The van der Waals surface area contributed by atoms with Crippen LogP contribution in [0.2, 0.25) is 0 Å². The molecular weight excluding hydrogens is 278 g/mol. The molecule has 4 rings (SSSR count). The molecule has 0 radical (unpaired) electrons. The van der Waals surface area contributed by atoms with Gasteiger partial charge in [0.1, 0.15) is 5.75 Å². The number of fused-ring (bicyclic) bond motifs is 2. The number of aliphatic hydroxyl groups is 1. The molecule has 3 atom stereocenters. The third kappa shape index (κ3) is 1.97. The van der Waals surface area contributed by atoms with Crippen molar-refractivity contribution in [2.75, 3.05) is 18.5 Å². The van der Waals surface area contributed by atoms with Crippen molar-refractivity contribution in [2.45, 2.75) is 51.4 Å². The van der Waals surface area contributed by atoms with Gasteiger partial charge in [0.25, 0.3) is 0 Å². The van der Waals surface area contributed by atoms with Gasteiger partial charge in [0.15, 0.2) is 0 Å². The number of nitrogens with one attached hydrogen (secondary N) is 1. The highest BCUT2D eigenvalue weighted by molar-refractivity contribution is 5.53. The van der Waals surface area contributed by atoms with Gasteiger partial charge in [-0.25, -0.2) is 0 Å². The molecule has 3 unspecified atom stereocenters. The van der Waals surface area contributed by atoms with Crippen LogP contribution in [0.3, 0.4) is 0 Å². The Bertz CT molecular complexity index is 555. The molecule has 1 spiro atoms. The third-order valence-electron chi connectivity index (χ3n) is 5.89. The highest BCUT2D eigenvalue weighted by atomic mass is 16.5. The average Bonchev–Trinajstić information content (AvgIpc) is 2.90. The van der Waals surface area contributed by atoms with Gasteiger partial charge in [-0.2, -0.15) is 0 Å². The van der Waals surface area contributed by atoms with Gasteiger partial charge in [-0.1, -0.05) is 6.42 Å². The largest absolute Gasteiger partial charge is 0.494 e. The molecule has 4 nitrogen and oxygen atoms in total. The lowest BCUT2D eigenvalue weighted by Crippen LogP contribution is -2.68. The molecule has 1 aromatic rings. The van der Waals surface area contributed by atoms with E-state index in [-0.39, 0.29) is 6.61 Å². The van der Waals surface area contributed by atoms with E-state index in [0.29, 0.717) is 30.1 Å². The maximum atomic E-state index is 9.56. The number of hydrogen-bond donors (Lipinski definition) is 2. The van der Waals surface area contributed by atoms with Crippen molar-refractivity contribution in [2.24, 2.45) is 11.3 Å². The Labute approximate surface area is 131 Å². The van der Waals surface area contributed by atoms with Crippen LogP contribution in [0.4, 0.5) is 5.69 Å². The highest BCUT2D eigenvalue weighted by Gasteiger charge is 2.66. The zero-order chi connectivity index (χ0) is 15.2. The fourth-order valence-electron chi connectivity index (χ4n) is 4.72. The first-order valence-corrected chi connectivity index (χ1v) is 8.53. The molecular formula is C18H25NO3. The van der Waals surface area contributed by atoms with Crippen LogP contribution in [0.1, 0.15) is 38.2 Å². The monoisotopic (exact) mass is 303 g/mol. The second kappa shape index (κ2) is 5.43. The molecule has 120 valence electrons. The minimum Gasteiger partial charge on any atom is -0.494 e. The van der Waals surface area contributed by atoms with Gasteiger partial charge >= 0.3 is 0 Å². The lowest BCUT2D eigenvalue weighted by Gasteiger charge is -2.63. The second-order valence-corrected chi connectivity index (χ2v) is 6.87. The number of benzene rings is 1. The van der Waals surface area contributed by atoms with E-state index in [0.717, 1.165) is 23.6 Å². The summed E-state index contributed by atoms with van der Waals surface area (Å²) in [6.07, 6.45) is 5.56. The van der Waals surface area contributed by atoms with Gasteiger partial charge in [0.05, 0.1) is 19.3 Å². The van der Waals surface area contributed by atoms with Gasteiger partial charge in [-0.05, 0) is 44.4 Å². The minimum atomic E-state index is 0.00975. The first-order chi connectivity index (χ1) is 10.8. The van der Waals surface area contributed by atoms with Crippen molar-refractivity contribution in [1.82, 2.24) is 0 Å². The van der Waals surface area contributed by atoms with Crippen LogP contribution in [0.5, 0.6) is 5.75 Å². The van der Waals surface area contributed by atoms with E-state index in [1.54, 1.807) is 0 Å². The summed E-state index contributed by atoms with van der Waals surface area (Å²) in [5, 5.41) is 13.3. The fourth-order valence-corrected chi connectivity index (χ4v) is 4.72. The summed E-state index contributed by atoms with van der Waals surface area (Å²) in [5.74, 6) is 1.44. The van der Waals surface area contributed by atoms with Crippen molar-refractivity contribution in [3.63, 3.8) is 0 Å². The molecule has 1 aromatic carbocycles. The summed E-state index contributed by atoms with van der Waals surface area (Å²) in [6.45, 7) is 3.51. The third-order valence-corrected chi connectivity index (χ3v) is 5.89. The minimum absolute atomic E-state index is 0.00975. The van der Waals surface area contributed by atoms with Crippen molar-refractivity contribution in [1.29, 1.82) is 0 Å². The standard InChI is InChI=1S/C18H25NO3/c1-2-21-15-5-4-13(10-12(15)11-20)19-16-14-6-9-22-17(14)18(16)7-3-8-18/h4-5,10,14,16-17,19-20H,2-3,6-9,11H2,1H3. The maximum absolute atomic E-state index is 9.56. The van der Waals surface area contributed by atoms with E-state index in [9.17, 15) is 5.11 Å². The molecule has 0 bridgehead atoms. The molecule has 2 saturated carbocycles. The Morgan fingerprint density at radius 3 is 2.95 bits per heavy atom. The predicted octanol–water partition coefficient (Wildman–Crippen LogP) is 2.95. The molecule has 1 saturated heterocycles. The Hall–Kier alpha value is -1.26. The van der Waals surface area contributed by atoms with E-state index in [4.69, 9.17) is 9.47 Å². The quantitative estimate of drug-likeness (QED) is 0.878. The number of rotatable bonds is 5. The first-order valence-electron chi connectivity index (χ1n) is 8.53. The Morgan fingerprint density at radius 2 is 2.27 bits per heavy atom. The van der Waals surface area contributed by atoms with Crippen LogP contribution >= 0.6 is 0 Å². The SMILES string of the molecule is CCOc1ccc(NC2C3CCOC3C23CCC3)cc1CO. The van der Waals surface area contributed by atoms with E-state index >= 15 is 0 Å². The molecule has 0 amide bonds. The zero-order valence-corrected chi connectivity index (χ0v) is 13.2. The van der Waals surface area contributed by atoms with Crippen LogP contribution in [0, 0.1) is 11.3 Å². The number of anilines is 1. The molecule has 2 N–H and O–H groups in total. The molecule has 2 aliphatic carbocycles. The first kappa shape index (κ1) is 14.3. The van der Waals surface area contributed by atoms with Gasteiger partial charge in [-0.3, -0.25) is 0 Å². The fraction of sp³-hybridized carbons (Fsp3) is 0.667. The molecule has 1 aliphatic heterocycles. The Morgan fingerprint density at radius 1 is 1.41 bits per heavy atom. The molecule has 4 heteroatoms. The smallest absolute Gasteiger partial charge is 0.124 e. The summed E-state index contributed by atoms with van der Waals surface area (Å²) in [5.41, 5.74) is 2.32. The van der Waals surface area contributed by atoms with Crippen molar-refractivity contribution < 1.29 is 14.6 Å². The summed E-state index contributed by atoms with van der Waals surface area (Å²) in [4.78, 5) is 0. The van der Waals surface area contributed by atoms with Gasteiger partial charge < -0.3 is 19.9 Å². The molecule has 1 heterocycles. The number of ether oxygens (including phenoxy) is 2. The number of hydrogen-bond acceptors (Lipinski definition) is 4. The predicted molar refractivity (Wildman–Crippen MR) is 85.1 cm³/mol. The number of aliphatic hydroxyl groups excluding tert-OH is 1. The van der Waals surface area contributed by atoms with E-state index in [1.165, 1.54) is 25.7 Å². The lowest BCUT2D eigenvalue weighted by atomic mass is 9.46. The average molecular weight is 303 g/mol. The van der Waals surface area contributed by atoms with Gasteiger partial charge in [0, 0.05) is 35.2 Å². The van der Waals surface area contributed by atoms with Crippen LogP contribution in [0.15, 0.2) is 18.2 Å². The van der Waals surface area contributed by atoms with E-state index in [1.807, 2.05) is 19.1 Å². The summed E-state index contributed by atoms with van der Waals surface area (Å²) < 4.78 is 11.5. The highest BCUT2D eigenvalue weighted by Crippen LogP contribution is 2.63. The molecule has 3 aliphatic rings. The van der Waals surface area contributed by atoms with Crippen LogP contribution in [-0.2, 0) is 11.3 Å². The Kier molecular flexibility index (Phi) is 3.54. The van der Waals surface area contributed by atoms with Gasteiger partial charge in [-0.15, -0.1) is 0 Å². The van der Waals surface area contributed by atoms with Crippen molar-refractivity contribution in [3.05, 3.63) is 23.8 Å². The van der Waals surface area contributed by atoms with Crippen LogP contribution in [0.25, 0.3) is 0 Å².